The fraction of sp³-hybridized carbons (Fsp3) is 0.136. The van der Waals surface area contributed by atoms with Gasteiger partial charge >= 0.3 is 23.1 Å². The molecule has 2 aromatic heterocycles. The maximum absolute atomic E-state index is 4.93. The Morgan fingerprint density at radius 1 is 0.923 bits per heavy atom. The molecule has 26 heavy (non-hydrogen) atoms. The van der Waals surface area contributed by atoms with Crippen molar-refractivity contribution in [2.45, 2.75) is 19.8 Å². The quantitative estimate of drug-likeness (QED) is 0.163. The van der Waals surface area contributed by atoms with Gasteiger partial charge in [0.1, 0.15) is 0 Å². The summed E-state index contributed by atoms with van der Waals surface area (Å²) in [6, 6.07) is 24.7. The van der Waals surface area contributed by atoms with Gasteiger partial charge in [0.2, 0.25) is 0 Å². The topological polar surface area (TPSA) is 17.3 Å². The maximum atomic E-state index is 4.93. The van der Waals surface area contributed by atoms with Crippen molar-refractivity contribution >= 4 is 61.4 Å². The Kier molecular flexibility index (Phi) is 5.47. The molecule has 0 radical (unpaired) electrons. The smallest absolute Gasteiger partial charge is 1.00 e. The molecule has 2 nitrogen and oxygen atoms in total. The van der Waals surface area contributed by atoms with Crippen LogP contribution in [0, 0.1) is 6.07 Å². The summed E-state index contributed by atoms with van der Waals surface area (Å²) in [5, 5.41) is 3.53. The second kappa shape index (κ2) is 7.33. The third kappa shape index (κ3) is 2.79. The summed E-state index contributed by atoms with van der Waals surface area (Å²) >= 11 is 0. The molecular formula is C22H17IMgN2. The Bertz CT molecular complexity index is 1240. The molecule has 5 rings (SSSR count). The van der Waals surface area contributed by atoms with E-state index in [2.05, 4.69) is 72.8 Å². The van der Waals surface area contributed by atoms with Crippen molar-refractivity contribution in [2.75, 3.05) is 0 Å². The van der Waals surface area contributed by atoms with Crippen molar-refractivity contribution in [3.8, 4) is 0 Å². The van der Waals surface area contributed by atoms with Crippen molar-refractivity contribution in [2.24, 2.45) is 0 Å². The summed E-state index contributed by atoms with van der Waals surface area (Å²) in [5.74, 6) is 0.498. The molecule has 124 valence electrons. The van der Waals surface area contributed by atoms with Crippen molar-refractivity contribution in [1.29, 1.82) is 0 Å². The van der Waals surface area contributed by atoms with E-state index in [9.17, 15) is 0 Å². The summed E-state index contributed by atoms with van der Waals surface area (Å²) in [4.78, 5) is 4.93. The second-order valence-corrected chi connectivity index (χ2v) is 6.65. The first kappa shape index (κ1) is 19.4. The number of halogens is 1. The summed E-state index contributed by atoms with van der Waals surface area (Å²) in [6.45, 7) is 4.46. The molecule has 4 heteroatoms. The second-order valence-electron chi connectivity index (χ2n) is 6.65. The molecule has 0 aliphatic carbocycles. The molecule has 5 aromatic rings. The van der Waals surface area contributed by atoms with Crippen LogP contribution in [0.4, 0.5) is 0 Å². The van der Waals surface area contributed by atoms with E-state index in [0.29, 0.717) is 5.92 Å². The molecule has 0 spiro atoms. The number of imidazole rings is 1. The van der Waals surface area contributed by atoms with Gasteiger partial charge in [0.15, 0.2) is 0 Å². The molecule has 0 bridgehead atoms. The number of benzene rings is 3. The van der Waals surface area contributed by atoms with Gasteiger partial charge in [0.05, 0.1) is 16.7 Å². The number of nitrogens with zero attached hydrogens (tertiary/aromatic N) is 2. The van der Waals surface area contributed by atoms with Crippen LogP contribution in [-0.2, 0) is 0 Å². The van der Waals surface area contributed by atoms with Crippen LogP contribution in [-0.4, -0.2) is 32.4 Å². The first-order chi connectivity index (χ1) is 11.7. The zero-order chi connectivity index (χ0) is 16.3. The minimum absolute atomic E-state index is 0. The van der Waals surface area contributed by atoms with E-state index in [-0.39, 0.29) is 47.0 Å². The third-order valence-corrected chi connectivity index (χ3v) is 4.86. The van der Waals surface area contributed by atoms with Gasteiger partial charge in [-0.2, -0.15) is 0 Å². The van der Waals surface area contributed by atoms with Crippen molar-refractivity contribution in [1.82, 2.24) is 9.38 Å². The first-order valence-corrected chi connectivity index (χ1v) is 8.37. The molecule has 0 amide bonds. The van der Waals surface area contributed by atoms with Crippen LogP contribution in [0.3, 0.4) is 0 Å². The summed E-state index contributed by atoms with van der Waals surface area (Å²) in [6.07, 6.45) is 0. The van der Waals surface area contributed by atoms with E-state index in [4.69, 9.17) is 4.98 Å². The summed E-state index contributed by atoms with van der Waals surface area (Å²) in [5.41, 5.74) is 5.73. The first-order valence-electron chi connectivity index (χ1n) is 8.37. The van der Waals surface area contributed by atoms with Gasteiger partial charge in [-0.05, 0) is 35.1 Å². The van der Waals surface area contributed by atoms with E-state index in [0.717, 1.165) is 16.6 Å². The molecule has 0 N–H and O–H groups in total. The molecule has 2 heterocycles. The summed E-state index contributed by atoms with van der Waals surface area (Å²) in [7, 11) is 0. The van der Waals surface area contributed by atoms with Crippen LogP contribution < -0.4 is 24.0 Å². The Labute approximate surface area is 185 Å². The minimum atomic E-state index is 0. The van der Waals surface area contributed by atoms with Gasteiger partial charge in [0.25, 0.3) is 0 Å². The third-order valence-electron chi connectivity index (χ3n) is 4.86. The molecule has 0 aliphatic heterocycles. The zero-order valence-corrected chi connectivity index (χ0v) is 18.4. The van der Waals surface area contributed by atoms with Gasteiger partial charge in [-0.3, -0.25) is 4.98 Å². The van der Waals surface area contributed by atoms with Gasteiger partial charge in [-0.1, -0.05) is 43.5 Å². The number of para-hydroxylation sites is 1. The molecule has 0 aliphatic rings. The molecular weight excluding hydrogens is 443 g/mol. The predicted octanol–water partition coefficient (Wildman–Crippen LogP) is 2.34. The number of fused-ring (bicyclic) bond motifs is 8. The van der Waals surface area contributed by atoms with Crippen LogP contribution in [0.15, 0.2) is 60.7 Å². The maximum Gasteiger partial charge on any atom is 2.00 e. The monoisotopic (exact) mass is 460 g/mol. The Balaban J connectivity index is 0.000000980. The van der Waals surface area contributed by atoms with E-state index in [1.165, 1.54) is 27.4 Å². The molecule has 0 saturated carbocycles. The molecule has 3 aromatic carbocycles. The van der Waals surface area contributed by atoms with Crippen LogP contribution in [0.25, 0.3) is 38.4 Å². The summed E-state index contributed by atoms with van der Waals surface area (Å²) < 4.78 is 2.29. The fourth-order valence-corrected chi connectivity index (χ4v) is 3.61. The van der Waals surface area contributed by atoms with Gasteiger partial charge in [0, 0.05) is 5.52 Å². The molecule has 0 unspecified atom stereocenters. The number of hydrogen-bond donors (Lipinski definition) is 0. The fourth-order valence-electron chi connectivity index (χ4n) is 3.61. The van der Waals surface area contributed by atoms with E-state index >= 15 is 0 Å². The van der Waals surface area contributed by atoms with Gasteiger partial charge < -0.3 is 28.4 Å². The number of rotatable bonds is 1. The largest absolute Gasteiger partial charge is 2.00 e. The normalized spacial score (nSPS) is 11.2. The van der Waals surface area contributed by atoms with E-state index in [1.54, 1.807) is 0 Å². The zero-order valence-electron chi connectivity index (χ0n) is 14.8. The standard InChI is InChI=1S/C22H17N2.HI.Mg/c1-14(2)15-11-12-19-21(13-15)24-20-10-6-5-8-17(20)16-7-3-4-9-18(16)22(24)23-19;;/h3-8,10-14H,1-2H3;1H;/q-1;;+2/p-1. The SMILES string of the molecule is CC(C)c1ccc2nc3c4[c-]cccc4c4ccccc4n3c2c1.[I-].[Mg+2]. The van der Waals surface area contributed by atoms with Crippen molar-refractivity contribution in [3.63, 3.8) is 0 Å². The van der Waals surface area contributed by atoms with Crippen molar-refractivity contribution < 1.29 is 24.0 Å². The Morgan fingerprint density at radius 3 is 2.50 bits per heavy atom. The number of hydrogen-bond acceptors (Lipinski definition) is 1. The average Bonchev–Trinajstić information content (AvgIpc) is 3.01. The van der Waals surface area contributed by atoms with E-state index < -0.39 is 0 Å². The van der Waals surface area contributed by atoms with Crippen LogP contribution in [0.5, 0.6) is 0 Å². The number of aromatic nitrogens is 2. The van der Waals surface area contributed by atoms with Crippen LogP contribution in [0.2, 0.25) is 0 Å². The van der Waals surface area contributed by atoms with Crippen molar-refractivity contribution in [3.05, 3.63) is 72.3 Å². The molecule has 0 fully saturated rings. The average molecular weight is 461 g/mol. The Hall–Kier alpha value is -1.37. The van der Waals surface area contributed by atoms with Gasteiger partial charge in [-0.15, -0.1) is 29.7 Å². The molecule has 0 atom stereocenters. The minimum Gasteiger partial charge on any atom is -1.00 e. The Morgan fingerprint density at radius 2 is 1.69 bits per heavy atom. The van der Waals surface area contributed by atoms with Gasteiger partial charge in [-0.25, -0.2) is 0 Å². The van der Waals surface area contributed by atoms with Crippen LogP contribution in [0.1, 0.15) is 25.3 Å². The van der Waals surface area contributed by atoms with E-state index in [1.807, 2.05) is 12.1 Å². The van der Waals surface area contributed by atoms with Crippen LogP contribution >= 0.6 is 0 Å². The number of pyridine rings is 1. The predicted molar refractivity (Wildman–Crippen MR) is 106 cm³/mol. The molecule has 0 saturated heterocycles.